The molecule has 0 fully saturated rings. The Kier molecular flexibility index (Phi) is 5.73. The molecule has 0 atom stereocenters. The summed E-state index contributed by atoms with van der Waals surface area (Å²) >= 11 is 0. The summed E-state index contributed by atoms with van der Waals surface area (Å²) < 4.78 is 15.5. The zero-order chi connectivity index (χ0) is 20.1. The molecule has 2 N–H and O–H groups in total. The Morgan fingerprint density at radius 2 is 1.93 bits per heavy atom. The lowest BCUT2D eigenvalue weighted by Crippen LogP contribution is -2.17. The minimum atomic E-state index is -0.613. The van der Waals surface area contributed by atoms with Crippen LogP contribution in [0.3, 0.4) is 0 Å². The second-order valence-electron chi connectivity index (χ2n) is 6.00. The molecule has 9 heteroatoms. The van der Waals surface area contributed by atoms with Gasteiger partial charge in [0.1, 0.15) is 17.3 Å². The van der Waals surface area contributed by atoms with Crippen LogP contribution >= 0.6 is 0 Å². The van der Waals surface area contributed by atoms with Crippen molar-refractivity contribution in [1.29, 1.82) is 0 Å². The summed E-state index contributed by atoms with van der Waals surface area (Å²) in [5.41, 5.74) is 0.569. The van der Waals surface area contributed by atoms with Gasteiger partial charge in [-0.15, -0.1) is 5.10 Å². The van der Waals surface area contributed by atoms with Gasteiger partial charge in [0, 0.05) is 19.5 Å². The van der Waals surface area contributed by atoms with Gasteiger partial charge in [-0.05, 0) is 30.7 Å². The first-order valence-electron chi connectivity index (χ1n) is 8.74. The fraction of sp³-hybridized carbons (Fsp3) is 0.211. The minimum absolute atomic E-state index is 0.119. The van der Waals surface area contributed by atoms with Crippen LogP contribution in [0.2, 0.25) is 0 Å². The smallest absolute Gasteiger partial charge is 0.296 e. The van der Waals surface area contributed by atoms with Crippen LogP contribution in [0.4, 0.5) is 15.9 Å². The molecule has 28 heavy (non-hydrogen) atoms. The fourth-order valence-electron chi connectivity index (χ4n) is 2.60. The molecule has 0 aliphatic carbocycles. The lowest BCUT2D eigenvalue weighted by atomic mass is 10.3. The van der Waals surface area contributed by atoms with E-state index < -0.39 is 11.7 Å². The highest BCUT2D eigenvalue weighted by molar-refractivity contribution is 6.04. The summed E-state index contributed by atoms with van der Waals surface area (Å²) in [4.78, 5) is 32.3. The second kappa shape index (κ2) is 8.38. The lowest BCUT2D eigenvalue weighted by Gasteiger charge is -2.08. The molecule has 0 aliphatic rings. The van der Waals surface area contributed by atoms with Crippen molar-refractivity contribution >= 4 is 23.3 Å². The van der Waals surface area contributed by atoms with E-state index in [2.05, 4.69) is 25.7 Å². The maximum absolute atomic E-state index is 14.2. The largest absolute Gasteiger partial charge is 0.323 e. The van der Waals surface area contributed by atoms with Crippen molar-refractivity contribution in [3.63, 3.8) is 0 Å². The van der Waals surface area contributed by atoms with E-state index in [-0.39, 0.29) is 23.2 Å². The van der Waals surface area contributed by atoms with Crippen LogP contribution in [0.15, 0.2) is 42.6 Å². The monoisotopic (exact) mass is 382 g/mol. The normalized spacial score (nSPS) is 10.5. The second-order valence-corrected chi connectivity index (χ2v) is 6.00. The van der Waals surface area contributed by atoms with Crippen molar-refractivity contribution < 1.29 is 14.0 Å². The Bertz CT molecular complexity index is 1020. The number of nitrogens with zero attached hydrogens (tertiary/aromatic N) is 4. The van der Waals surface area contributed by atoms with E-state index in [4.69, 9.17) is 0 Å². The van der Waals surface area contributed by atoms with Crippen molar-refractivity contribution in [2.75, 3.05) is 10.6 Å². The molecule has 2 amide bonds. The number of hydrogen-bond acceptors (Lipinski definition) is 5. The van der Waals surface area contributed by atoms with Gasteiger partial charge in [0.2, 0.25) is 11.7 Å². The number of anilines is 2. The van der Waals surface area contributed by atoms with Crippen LogP contribution in [0.5, 0.6) is 0 Å². The molecule has 0 spiro atoms. The van der Waals surface area contributed by atoms with Crippen LogP contribution < -0.4 is 10.6 Å². The van der Waals surface area contributed by atoms with Gasteiger partial charge < -0.3 is 10.6 Å². The van der Waals surface area contributed by atoms with E-state index >= 15 is 0 Å². The topological polar surface area (TPSA) is 102 Å². The third kappa shape index (κ3) is 4.20. The summed E-state index contributed by atoms with van der Waals surface area (Å²) in [7, 11) is 0. The minimum Gasteiger partial charge on any atom is -0.323 e. The lowest BCUT2D eigenvalue weighted by molar-refractivity contribution is -0.114. The molecule has 0 radical (unpaired) electrons. The number of carbonyl (C=O) groups is 2. The molecule has 0 saturated carbocycles. The van der Waals surface area contributed by atoms with Gasteiger partial charge >= 0.3 is 0 Å². The number of para-hydroxylation sites is 1. The van der Waals surface area contributed by atoms with Gasteiger partial charge in [-0.2, -0.15) is 0 Å². The summed E-state index contributed by atoms with van der Waals surface area (Å²) in [6.07, 6.45) is 2.76. The third-order valence-corrected chi connectivity index (χ3v) is 3.78. The standard InChI is InChI=1S/C19H19FN6O2/c1-3-7-16-23-18(25-26(16)15-10-5-4-8-13(15)20)19(28)24-17-14(22-12(2)27)9-6-11-21-17/h4-6,8-11H,3,7H2,1-2H3,(H,22,27)(H,21,24,28). The molecule has 3 rings (SSSR count). The van der Waals surface area contributed by atoms with Crippen molar-refractivity contribution in [3.8, 4) is 5.69 Å². The third-order valence-electron chi connectivity index (χ3n) is 3.78. The molecule has 0 saturated heterocycles. The predicted molar refractivity (Wildman–Crippen MR) is 102 cm³/mol. The zero-order valence-corrected chi connectivity index (χ0v) is 15.4. The van der Waals surface area contributed by atoms with E-state index in [1.165, 1.54) is 23.9 Å². The molecule has 2 heterocycles. The molecule has 0 bridgehead atoms. The van der Waals surface area contributed by atoms with Crippen LogP contribution in [0.25, 0.3) is 5.69 Å². The number of amides is 2. The van der Waals surface area contributed by atoms with Crippen LogP contribution in [0.1, 0.15) is 36.7 Å². The van der Waals surface area contributed by atoms with Gasteiger partial charge in [0.15, 0.2) is 5.82 Å². The van der Waals surface area contributed by atoms with E-state index in [9.17, 15) is 14.0 Å². The van der Waals surface area contributed by atoms with Gasteiger partial charge in [0.25, 0.3) is 5.91 Å². The number of carbonyl (C=O) groups excluding carboxylic acids is 2. The molecular formula is C19H19FN6O2. The summed E-state index contributed by atoms with van der Waals surface area (Å²) in [6.45, 7) is 3.31. The Hall–Kier alpha value is -3.62. The van der Waals surface area contributed by atoms with Gasteiger partial charge in [0.05, 0.1) is 5.69 Å². The fourth-order valence-corrected chi connectivity index (χ4v) is 2.60. The first-order valence-corrected chi connectivity index (χ1v) is 8.74. The van der Waals surface area contributed by atoms with Crippen LogP contribution in [-0.4, -0.2) is 31.6 Å². The molecule has 0 aliphatic heterocycles. The molecule has 144 valence electrons. The molecule has 1 aromatic carbocycles. The highest BCUT2D eigenvalue weighted by Crippen LogP contribution is 2.19. The predicted octanol–water partition coefficient (Wildman–Crippen LogP) is 2.96. The van der Waals surface area contributed by atoms with E-state index in [0.717, 1.165) is 6.42 Å². The Morgan fingerprint density at radius 1 is 1.14 bits per heavy atom. The van der Waals surface area contributed by atoms with Crippen molar-refractivity contribution in [2.24, 2.45) is 0 Å². The van der Waals surface area contributed by atoms with Crippen molar-refractivity contribution in [1.82, 2.24) is 19.7 Å². The van der Waals surface area contributed by atoms with E-state index in [1.807, 2.05) is 6.92 Å². The van der Waals surface area contributed by atoms with E-state index in [0.29, 0.717) is 17.9 Å². The van der Waals surface area contributed by atoms with Crippen LogP contribution in [0, 0.1) is 5.82 Å². The number of rotatable bonds is 6. The quantitative estimate of drug-likeness (QED) is 0.682. The SMILES string of the molecule is CCCc1nc(C(=O)Nc2ncccc2NC(C)=O)nn1-c1ccccc1F. The average molecular weight is 382 g/mol. The first-order chi connectivity index (χ1) is 13.5. The molecule has 0 unspecified atom stereocenters. The van der Waals surface area contributed by atoms with Gasteiger partial charge in [-0.25, -0.2) is 19.0 Å². The zero-order valence-electron chi connectivity index (χ0n) is 15.4. The van der Waals surface area contributed by atoms with Crippen molar-refractivity contribution in [2.45, 2.75) is 26.7 Å². The maximum Gasteiger partial charge on any atom is 0.296 e. The number of halogens is 1. The highest BCUT2D eigenvalue weighted by Gasteiger charge is 2.20. The van der Waals surface area contributed by atoms with E-state index in [1.54, 1.807) is 30.3 Å². The van der Waals surface area contributed by atoms with Crippen molar-refractivity contribution in [3.05, 3.63) is 60.1 Å². The number of aryl methyl sites for hydroxylation is 1. The summed E-state index contributed by atoms with van der Waals surface area (Å²) in [6, 6.07) is 9.39. The Morgan fingerprint density at radius 3 is 2.64 bits per heavy atom. The number of nitrogens with one attached hydrogen (secondary N) is 2. The maximum atomic E-state index is 14.2. The van der Waals surface area contributed by atoms with Gasteiger partial charge in [-0.3, -0.25) is 9.59 Å². The number of pyridine rings is 1. The Labute approximate surface area is 160 Å². The number of hydrogen-bond donors (Lipinski definition) is 2. The average Bonchev–Trinajstić information content (AvgIpc) is 3.07. The molecular weight excluding hydrogens is 363 g/mol. The Balaban J connectivity index is 1.92. The first kappa shape index (κ1) is 19.2. The molecule has 2 aromatic heterocycles. The van der Waals surface area contributed by atoms with Gasteiger partial charge in [-0.1, -0.05) is 19.1 Å². The molecule has 3 aromatic rings. The summed E-state index contributed by atoms with van der Waals surface area (Å²) in [5, 5.41) is 9.36. The summed E-state index contributed by atoms with van der Waals surface area (Å²) in [5.74, 6) is -0.850. The number of benzene rings is 1. The molecule has 8 nitrogen and oxygen atoms in total. The van der Waals surface area contributed by atoms with Crippen LogP contribution in [-0.2, 0) is 11.2 Å². The number of aromatic nitrogens is 4. The highest BCUT2D eigenvalue weighted by atomic mass is 19.1.